The van der Waals surface area contributed by atoms with Gasteiger partial charge in [-0.05, 0) is 25.7 Å². The molecule has 0 saturated heterocycles. The summed E-state index contributed by atoms with van der Waals surface area (Å²) in [7, 11) is 0. The molecule has 0 spiro atoms. The van der Waals surface area contributed by atoms with E-state index in [1.54, 1.807) is 0 Å². The second kappa shape index (κ2) is 36.7. The van der Waals surface area contributed by atoms with E-state index in [0.717, 1.165) is 32.6 Å². The first-order valence-electron chi connectivity index (χ1n) is 8.88. The molecule has 177 valence electrons. The molecule has 0 fully saturated rings. The first-order chi connectivity index (χ1) is 12.8. The topological polar surface area (TPSA) is 186 Å². The molecule has 10 nitrogen and oxygen atoms in total. The van der Waals surface area contributed by atoms with Crippen molar-refractivity contribution in [1.29, 1.82) is 0 Å². The molecule has 0 rings (SSSR count). The van der Waals surface area contributed by atoms with Crippen LogP contribution in [0.5, 0.6) is 0 Å². The first kappa shape index (κ1) is 41.3. The van der Waals surface area contributed by atoms with E-state index < -0.39 is 29.8 Å². The second-order valence-electron chi connectivity index (χ2n) is 5.09. The summed E-state index contributed by atoms with van der Waals surface area (Å²) >= 11 is 0. The van der Waals surface area contributed by atoms with Crippen molar-refractivity contribution in [3.8, 4) is 0 Å². The van der Waals surface area contributed by atoms with E-state index in [-0.39, 0.29) is 16.8 Å². The minimum Gasteiger partial charge on any atom is -0.481 e. The predicted octanol–water partition coefficient (Wildman–Crippen LogP) is 3.57. The van der Waals surface area contributed by atoms with Crippen LogP contribution in [-0.2, 0) is 40.8 Å². The summed E-state index contributed by atoms with van der Waals surface area (Å²) in [5.41, 5.74) is 0. The Labute approximate surface area is 182 Å². The molecule has 0 heterocycles. The van der Waals surface area contributed by atoms with Gasteiger partial charge in [0.05, 0.1) is 0 Å². The smallest absolute Gasteiger partial charge is 0.303 e. The van der Waals surface area contributed by atoms with Crippen molar-refractivity contribution in [2.75, 3.05) is 0 Å². The van der Waals surface area contributed by atoms with Crippen molar-refractivity contribution in [2.45, 2.75) is 86.0 Å². The Morgan fingerprint density at radius 2 is 0.586 bits per heavy atom. The van der Waals surface area contributed by atoms with E-state index in [4.69, 9.17) is 30.3 Å². The quantitative estimate of drug-likeness (QED) is 0.350. The summed E-state index contributed by atoms with van der Waals surface area (Å²) in [6.07, 6.45) is 4.09. The Hall–Kier alpha value is -2.14. The molecule has 0 saturated carbocycles. The van der Waals surface area contributed by atoms with Gasteiger partial charge >= 0.3 is 23.9 Å². The first-order valence-corrected chi connectivity index (χ1v) is 8.88. The Balaban J connectivity index is -0.0000000569. The molecule has 0 unspecified atom stereocenters. The van der Waals surface area contributed by atoms with Crippen LogP contribution in [-0.4, -0.2) is 55.4 Å². The molecule has 0 aliphatic carbocycles. The average molecular weight is 471 g/mol. The summed E-state index contributed by atoms with van der Waals surface area (Å²) in [5, 5.41) is 39.1. The molecular weight excluding hydrogens is 435 g/mol. The summed E-state index contributed by atoms with van der Waals surface area (Å²) in [6, 6.07) is 0. The fourth-order valence-electron chi connectivity index (χ4n) is 0.855. The van der Waals surface area contributed by atoms with Crippen molar-refractivity contribution in [2.24, 2.45) is 0 Å². The molecule has 0 aromatic heterocycles. The predicted molar refractivity (Wildman–Crippen MR) is 103 cm³/mol. The van der Waals surface area contributed by atoms with Crippen LogP contribution in [0.3, 0.4) is 0 Å². The molecule has 29 heavy (non-hydrogen) atoms. The van der Waals surface area contributed by atoms with Gasteiger partial charge in [-0.2, -0.15) is 0 Å². The third kappa shape index (κ3) is 151. The van der Waals surface area contributed by atoms with Crippen molar-refractivity contribution >= 4 is 29.8 Å². The van der Waals surface area contributed by atoms with Crippen LogP contribution >= 0.6 is 0 Å². The number of carboxylic acids is 5. The van der Waals surface area contributed by atoms with Crippen molar-refractivity contribution in [3.05, 3.63) is 0 Å². The number of aliphatic carboxylic acids is 5. The summed E-state index contributed by atoms with van der Waals surface area (Å²) in [6.45, 7) is 8.45. The number of carboxylic acid groups (broad SMARTS) is 5. The number of hydrogen-bond acceptors (Lipinski definition) is 5. The minimum absolute atomic E-state index is 0. The zero-order valence-corrected chi connectivity index (χ0v) is 18.8. The molecular formula is C18H36CoO10. The van der Waals surface area contributed by atoms with E-state index in [9.17, 15) is 19.2 Å². The van der Waals surface area contributed by atoms with Crippen LogP contribution in [0.15, 0.2) is 0 Å². The third-order valence-corrected chi connectivity index (χ3v) is 1.86. The van der Waals surface area contributed by atoms with Crippen molar-refractivity contribution in [3.63, 3.8) is 0 Å². The van der Waals surface area contributed by atoms with E-state index in [2.05, 4.69) is 0 Å². The van der Waals surface area contributed by atoms with Gasteiger partial charge in [0.15, 0.2) is 0 Å². The SMILES string of the molecule is CC(=O)O.CCCC(=O)O.CCCC(=O)O.CCCC(=O)O.CCCC(=O)O.[Co]. The normalized spacial score (nSPS) is 7.62. The Kier molecular flexibility index (Phi) is 52.3. The fraction of sp³-hybridized carbons (Fsp3) is 0.722. The van der Waals surface area contributed by atoms with Gasteiger partial charge in [-0.15, -0.1) is 0 Å². The van der Waals surface area contributed by atoms with E-state index >= 15 is 0 Å². The third-order valence-electron chi connectivity index (χ3n) is 1.86. The molecule has 0 atom stereocenters. The van der Waals surface area contributed by atoms with Gasteiger partial charge in [0.25, 0.3) is 5.97 Å². The van der Waals surface area contributed by atoms with Crippen LogP contribution < -0.4 is 0 Å². The minimum atomic E-state index is -0.833. The average Bonchev–Trinajstić information content (AvgIpc) is 2.47. The molecule has 1 radical (unpaired) electrons. The number of rotatable bonds is 8. The van der Waals surface area contributed by atoms with E-state index in [0.29, 0.717) is 25.7 Å². The number of carbonyl (C=O) groups is 5. The molecule has 0 aromatic rings. The van der Waals surface area contributed by atoms with Gasteiger partial charge in [-0.1, -0.05) is 27.7 Å². The standard InChI is InChI=1S/4C4H8O2.C2H4O2.Co/c4*1-2-3-4(5)6;1-2(3)4;/h4*2-3H2,1H3,(H,5,6);1H3,(H,3,4);. The molecule has 11 heteroatoms. The second-order valence-corrected chi connectivity index (χ2v) is 5.09. The van der Waals surface area contributed by atoms with Crippen LogP contribution in [0.25, 0.3) is 0 Å². The van der Waals surface area contributed by atoms with Gasteiger partial charge in [0, 0.05) is 49.4 Å². The van der Waals surface area contributed by atoms with Gasteiger partial charge in [-0.25, -0.2) is 0 Å². The molecule has 0 bridgehead atoms. The van der Waals surface area contributed by atoms with E-state index in [1.165, 1.54) is 0 Å². The Morgan fingerprint density at radius 1 is 0.483 bits per heavy atom. The fourth-order valence-corrected chi connectivity index (χ4v) is 0.855. The summed E-state index contributed by atoms with van der Waals surface area (Å²) in [4.78, 5) is 47.4. The van der Waals surface area contributed by atoms with Crippen LogP contribution in [0.4, 0.5) is 0 Å². The zero-order chi connectivity index (χ0) is 23.5. The molecule has 0 aliphatic heterocycles. The van der Waals surface area contributed by atoms with Gasteiger partial charge in [-0.3, -0.25) is 24.0 Å². The molecule has 0 amide bonds. The Morgan fingerprint density at radius 3 is 0.586 bits per heavy atom. The summed E-state index contributed by atoms with van der Waals surface area (Å²) < 4.78 is 0. The van der Waals surface area contributed by atoms with Gasteiger partial charge < -0.3 is 25.5 Å². The Bertz CT molecular complexity index is 343. The van der Waals surface area contributed by atoms with Crippen LogP contribution in [0, 0.1) is 0 Å². The zero-order valence-electron chi connectivity index (χ0n) is 17.8. The molecule has 0 aliphatic rings. The molecule has 5 N–H and O–H groups in total. The maximum atomic E-state index is 9.60. The van der Waals surface area contributed by atoms with Crippen molar-refractivity contribution < 1.29 is 66.3 Å². The van der Waals surface area contributed by atoms with Gasteiger partial charge in [0.1, 0.15) is 0 Å². The van der Waals surface area contributed by atoms with Crippen LogP contribution in [0.2, 0.25) is 0 Å². The van der Waals surface area contributed by atoms with E-state index in [1.807, 2.05) is 27.7 Å². The maximum absolute atomic E-state index is 9.60. The maximum Gasteiger partial charge on any atom is 0.303 e. The largest absolute Gasteiger partial charge is 0.481 e. The monoisotopic (exact) mass is 471 g/mol. The summed E-state index contributed by atoms with van der Waals surface area (Å²) in [5.74, 6) is -3.68. The number of hydrogen-bond donors (Lipinski definition) is 5. The van der Waals surface area contributed by atoms with Crippen molar-refractivity contribution in [1.82, 2.24) is 0 Å². The van der Waals surface area contributed by atoms with Crippen LogP contribution in [0.1, 0.15) is 86.0 Å². The van der Waals surface area contributed by atoms with Gasteiger partial charge in [0.2, 0.25) is 0 Å². The molecule has 0 aromatic carbocycles.